The molecule has 0 saturated heterocycles. The Balaban J connectivity index is 1.72. The number of oxazole rings is 1. The summed E-state index contributed by atoms with van der Waals surface area (Å²) in [6, 6.07) is 20.8. The van der Waals surface area contributed by atoms with E-state index in [1.807, 2.05) is 48.5 Å². The van der Waals surface area contributed by atoms with Crippen molar-refractivity contribution in [1.29, 1.82) is 0 Å². The summed E-state index contributed by atoms with van der Waals surface area (Å²) in [5.41, 5.74) is 4.26. The van der Waals surface area contributed by atoms with E-state index < -0.39 is 0 Å². The average Bonchev–Trinajstić information content (AvgIpc) is 3.05. The van der Waals surface area contributed by atoms with Crippen molar-refractivity contribution in [3.63, 3.8) is 0 Å². The van der Waals surface area contributed by atoms with Crippen LogP contribution in [0.25, 0.3) is 33.7 Å². The molecule has 1 N–H and O–H groups in total. The smallest absolute Gasteiger partial charge is 0.227 e. The largest absolute Gasteiger partial charge is 0.508 e. The van der Waals surface area contributed by atoms with Crippen LogP contribution in [0, 0.1) is 0 Å². The lowest BCUT2D eigenvalue weighted by atomic mass is 10.0. The Bertz CT molecular complexity index is 1000. The van der Waals surface area contributed by atoms with Gasteiger partial charge in [0.1, 0.15) is 17.0 Å². The van der Waals surface area contributed by atoms with Crippen molar-refractivity contribution in [2.24, 2.45) is 0 Å². The van der Waals surface area contributed by atoms with E-state index in [1.54, 1.807) is 25.3 Å². The van der Waals surface area contributed by atoms with Crippen molar-refractivity contribution in [1.82, 2.24) is 4.98 Å². The van der Waals surface area contributed by atoms with Crippen molar-refractivity contribution < 1.29 is 14.3 Å². The molecule has 0 atom stereocenters. The van der Waals surface area contributed by atoms with Crippen molar-refractivity contribution in [2.75, 3.05) is 7.11 Å². The van der Waals surface area contributed by atoms with Gasteiger partial charge in [-0.05, 0) is 35.9 Å². The molecule has 4 rings (SSSR count). The summed E-state index contributed by atoms with van der Waals surface area (Å²) in [7, 11) is 1.67. The second kappa shape index (κ2) is 5.74. The molecular weight excluding hydrogens is 302 g/mol. The Labute approximate surface area is 139 Å². The number of aromatic nitrogens is 1. The number of aromatic hydroxyl groups is 1. The summed E-state index contributed by atoms with van der Waals surface area (Å²) < 4.78 is 11.1. The van der Waals surface area contributed by atoms with Crippen LogP contribution in [0.2, 0.25) is 0 Å². The SMILES string of the molecule is COc1ccccc1-c1ccc(-c2nc3ccc(O)cc3o2)cc1. The fraction of sp³-hybridized carbons (Fsp3) is 0.0500. The van der Waals surface area contributed by atoms with Crippen LogP contribution in [0.4, 0.5) is 0 Å². The van der Waals surface area contributed by atoms with Gasteiger partial charge in [-0.15, -0.1) is 0 Å². The molecule has 1 aromatic heterocycles. The average molecular weight is 317 g/mol. The minimum absolute atomic E-state index is 0.164. The summed E-state index contributed by atoms with van der Waals surface area (Å²) in [5, 5.41) is 9.52. The van der Waals surface area contributed by atoms with Gasteiger partial charge in [0, 0.05) is 17.2 Å². The second-order valence-corrected chi connectivity index (χ2v) is 5.45. The van der Waals surface area contributed by atoms with Crippen molar-refractivity contribution in [3.8, 4) is 34.1 Å². The highest BCUT2D eigenvalue weighted by molar-refractivity contribution is 5.78. The Hall–Kier alpha value is -3.27. The maximum Gasteiger partial charge on any atom is 0.227 e. The number of benzene rings is 3. The molecule has 4 nitrogen and oxygen atoms in total. The molecule has 1 heterocycles. The molecule has 0 saturated carbocycles. The molecule has 0 aliphatic heterocycles. The lowest BCUT2D eigenvalue weighted by Crippen LogP contribution is -1.87. The predicted octanol–water partition coefficient (Wildman–Crippen LogP) is 4.88. The Morgan fingerprint density at radius 3 is 2.46 bits per heavy atom. The molecule has 4 aromatic rings. The molecule has 0 bridgehead atoms. The van der Waals surface area contributed by atoms with Crippen LogP contribution >= 0.6 is 0 Å². The molecule has 118 valence electrons. The number of rotatable bonds is 3. The lowest BCUT2D eigenvalue weighted by Gasteiger charge is -2.08. The molecule has 4 heteroatoms. The maximum atomic E-state index is 9.52. The minimum Gasteiger partial charge on any atom is -0.508 e. The summed E-state index contributed by atoms with van der Waals surface area (Å²) in [6.45, 7) is 0. The van der Waals surface area contributed by atoms with Crippen LogP contribution in [-0.4, -0.2) is 17.2 Å². The number of hydrogen-bond donors (Lipinski definition) is 1. The van der Waals surface area contributed by atoms with Gasteiger partial charge in [0.25, 0.3) is 0 Å². The third kappa shape index (κ3) is 2.48. The van der Waals surface area contributed by atoms with Crippen molar-refractivity contribution >= 4 is 11.1 Å². The summed E-state index contributed by atoms with van der Waals surface area (Å²) in [5.74, 6) is 1.53. The van der Waals surface area contributed by atoms with Crippen molar-refractivity contribution in [3.05, 3.63) is 66.7 Å². The van der Waals surface area contributed by atoms with Gasteiger partial charge in [-0.1, -0.05) is 30.3 Å². The van der Waals surface area contributed by atoms with E-state index in [4.69, 9.17) is 9.15 Å². The molecule has 24 heavy (non-hydrogen) atoms. The molecule has 0 spiro atoms. The Kier molecular flexibility index (Phi) is 3.43. The molecule has 0 amide bonds. The number of phenols is 1. The van der Waals surface area contributed by atoms with Gasteiger partial charge in [-0.2, -0.15) is 0 Å². The normalized spacial score (nSPS) is 10.9. The van der Waals surface area contributed by atoms with E-state index in [0.29, 0.717) is 11.5 Å². The number of phenolic OH excluding ortho intramolecular Hbond substituents is 1. The maximum absolute atomic E-state index is 9.52. The van der Waals surface area contributed by atoms with Gasteiger partial charge in [0.05, 0.1) is 7.11 Å². The molecule has 0 aliphatic carbocycles. The second-order valence-electron chi connectivity index (χ2n) is 5.45. The number of ether oxygens (including phenoxy) is 1. The number of methoxy groups -OCH3 is 1. The Morgan fingerprint density at radius 1 is 0.917 bits per heavy atom. The first-order valence-corrected chi connectivity index (χ1v) is 7.58. The standard InChI is InChI=1S/C20H15NO3/c1-23-18-5-3-2-4-16(18)13-6-8-14(9-7-13)20-21-17-11-10-15(22)12-19(17)24-20/h2-12,22H,1H3. The fourth-order valence-corrected chi connectivity index (χ4v) is 2.71. The zero-order valence-corrected chi connectivity index (χ0v) is 13.1. The van der Waals surface area contributed by atoms with E-state index in [1.165, 1.54) is 0 Å². The number of fused-ring (bicyclic) bond motifs is 1. The molecule has 3 aromatic carbocycles. The van der Waals surface area contributed by atoms with Gasteiger partial charge in [-0.3, -0.25) is 0 Å². The third-order valence-corrected chi connectivity index (χ3v) is 3.92. The highest BCUT2D eigenvalue weighted by Crippen LogP contribution is 2.32. The molecule has 0 unspecified atom stereocenters. The number of nitrogens with zero attached hydrogens (tertiary/aromatic N) is 1. The minimum atomic E-state index is 0.164. The first-order valence-electron chi connectivity index (χ1n) is 7.58. The zero-order chi connectivity index (χ0) is 16.5. The first-order chi connectivity index (χ1) is 11.7. The predicted molar refractivity (Wildman–Crippen MR) is 93.1 cm³/mol. The van der Waals surface area contributed by atoms with E-state index in [2.05, 4.69) is 4.98 Å². The lowest BCUT2D eigenvalue weighted by molar-refractivity contribution is 0.416. The molecular formula is C20H15NO3. The first kappa shape index (κ1) is 14.3. The summed E-state index contributed by atoms with van der Waals surface area (Å²) >= 11 is 0. The third-order valence-electron chi connectivity index (χ3n) is 3.92. The van der Waals surface area contributed by atoms with Gasteiger partial charge < -0.3 is 14.3 Å². The zero-order valence-electron chi connectivity index (χ0n) is 13.1. The van der Waals surface area contributed by atoms with Crippen LogP contribution in [0.1, 0.15) is 0 Å². The van der Waals surface area contributed by atoms with E-state index in [9.17, 15) is 5.11 Å². The number of hydrogen-bond acceptors (Lipinski definition) is 4. The van der Waals surface area contributed by atoms with Gasteiger partial charge in [-0.25, -0.2) is 4.98 Å². The molecule has 0 fully saturated rings. The van der Waals surface area contributed by atoms with Crippen molar-refractivity contribution in [2.45, 2.75) is 0 Å². The van der Waals surface area contributed by atoms with Crippen LogP contribution in [0.3, 0.4) is 0 Å². The number of para-hydroxylation sites is 1. The summed E-state index contributed by atoms with van der Waals surface area (Å²) in [4.78, 5) is 4.46. The van der Waals surface area contributed by atoms with Crippen LogP contribution in [0.5, 0.6) is 11.5 Å². The van der Waals surface area contributed by atoms with Gasteiger partial charge in [0.2, 0.25) is 5.89 Å². The highest BCUT2D eigenvalue weighted by Gasteiger charge is 2.10. The van der Waals surface area contributed by atoms with Crippen LogP contribution in [-0.2, 0) is 0 Å². The van der Waals surface area contributed by atoms with Gasteiger partial charge in [0.15, 0.2) is 5.58 Å². The Morgan fingerprint density at radius 2 is 1.67 bits per heavy atom. The monoisotopic (exact) mass is 317 g/mol. The topological polar surface area (TPSA) is 55.5 Å². The molecule has 0 aliphatic rings. The van der Waals surface area contributed by atoms with E-state index in [0.717, 1.165) is 28.0 Å². The van der Waals surface area contributed by atoms with E-state index >= 15 is 0 Å². The fourth-order valence-electron chi connectivity index (χ4n) is 2.71. The highest BCUT2D eigenvalue weighted by atomic mass is 16.5. The van der Waals surface area contributed by atoms with Gasteiger partial charge >= 0.3 is 0 Å². The molecule has 0 radical (unpaired) electrons. The van der Waals surface area contributed by atoms with Crippen LogP contribution < -0.4 is 4.74 Å². The van der Waals surface area contributed by atoms with E-state index in [-0.39, 0.29) is 5.75 Å². The summed E-state index contributed by atoms with van der Waals surface area (Å²) in [6.07, 6.45) is 0. The quantitative estimate of drug-likeness (QED) is 0.585. The van der Waals surface area contributed by atoms with Crippen LogP contribution in [0.15, 0.2) is 71.1 Å².